The Hall–Kier alpha value is -2.04. The molecule has 0 aliphatic heterocycles. The van der Waals surface area contributed by atoms with Gasteiger partial charge in [-0.3, -0.25) is 9.59 Å². The summed E-state index contributed by atoms with van der Waals surface area (Å²) in [6.07, 6.45) is 0.542. The van der Waals surface area contributed by atoms with Crippen LogP contribution in [0.4, 0.5) is 5.69 Å². The van der Waals surface area contributed by atoms with E-state index in [9.17, 15) is 9.59 Å². The second kappa shape index (κ2) is 9.60. The highest BCUT2D eigenvalue weighted by Gasteiger charge is 2.25. The monoisotopic (exact) mass is 393 g/mol. The first kappa shape index (κ1) is 20.3. The fourth-order valence-electron chi connectivity index (χ4n) is 2.57. The summed E-state index contributed by atoms with van der Waals surface area (Å²) >= 11 is 11.8. The van der Waals surface area contributed by atoms with Crippen molar-refractivity contribution < 1.29 is 14.3 Å². The van der Waals surface area contributed by atoms with Crippen molar-refractivity contribution in [1.82, 2.24) is 0 Å². The average molecular weight is 394 g/mol. The van der Waals surface area contributed by atoms with Crippen molar-refractivity contribution >= 4 is 40.8 Å². The van der Waals surface area contributed by atoms with Gasteiger partial charge in [-0.1, -0.05) is 66.9 Å². The SMILES string of the molecule is CCC[C@H](C(=O)O[C@@H](C)C(=O)Nc1cc(Cl)cc(Cl)c1)c1ccccc1. The smallest absolute Gasteiger partial charge is 0.314 e. The van der Waals surface area contributed by atoms with Gasteiger partial charge >= 0.3 is 5.97 Å². The molecule has 2 aromatic rings. The molecule has 0 bridgehead atoms. The van der Waals surface area contributed by atoms with Crippen LogP contribution in [0, 0.1) is 0 Å². The Morgan fingerprint density at radius 1 is 1.08 bits per heavy atom. The number of esters is 1. The number of amides is 1. The Morgan fingerprint density at radius 2 is 1.69 bits per heavy atom. The first-order valence-electron chi connectivity index (χ1n) is 8.43. The van der Waals surface area contributed by atoms with Crippen molar-refractivity contribution in [2.24, 2.45) is 0 Å². The lowest BCUT2D eigenvalue weighted by molar-refractivity contribution is -0.154. The van der Waals surface area contributed by atoms with Crippen molar-refractivity contribution in [1.29, 1.82) is 0 Å². The molecule has 2 aromatic carbocycles. The standard InChI is InChI=1S/C20H21Cl2NO3/c1-3-7-18(14-8-5-4-6-9-14)20(25)26-13(2)19(24)23-17-11-15(21)10-16(22)12-17/h4-6,8-13,18H,3,7H2,1-2H3,(H,23,24)/t13-,18-/m0/s1. The highest BCUT2D eigenvalue weighted by molar-refractivity contribution is 6.35. The molecule has 4 nitrogen and oxygen atoms in total. The van der Waals surface area contributed by atoms with Gasteiger partial charge in [-0.25, -0.2) is 0 Å². The number of anilines is 1. The van der Waals surface area contributed by atoms with Gasteiger partial charge in [0, 0.05) is 15.7 Å². The maximum atomic E-state index is 12.6. The number of nitrogens with one attached hydrogen (secondary N) is 1. The van der Waals surface area contributed by atoms with E-state index >= 15 is 0 Å². The summed E-state index contributed by atoms with van der Waals surface area (Å²) in [6, 6.07) is 14.1. The van der Waals surface area contributed by atoms with E-state index in [1.54, 1.807) is 18.2 Å². The molecule has 6 heteroatoms. The molecule has 0 heterocycles. The number of carbonyl (C=O) groups excluding carboxylic acids is 2. The van der Waals surface area contributed by atoms with Gasteiger partial charge in [-0.05, 0) is 37.1 Å². The Kier molecular flexibility index (Phi) is 7.49. The number of rotatable bonds is 7. The van der Waals surface area contributed by atoms with Gasteiger partial charge in [0.1, 0.15) is 0 Å². The first-order valence-corrected chi connectivity index (χ1v) is 9.18. The Morgan fingerprint density at radius 3 is 2.27 bits per heavy atom. The fraction of sp³-hybridized carbons (Fsp3) is 0.300. The number of hydrogen-bond donors (Lipinski definition) is 1. The number of benzene rings is 2. The van der Waals surface area contributed by atoms with E-state index in [1.165, 1.54) is 6.92 Å². The van der Waals surface area contributed by atoms with E-state index in [1.807, 2.05) is 37.3 Å². The first-order chi connectivity index (χ1) is 12.4. The van der Waals surface area contributed by atoms with Crippen LogP contribution >= 0.6 is 23.2 Å². The molecule has 0 spiro atoms. The number of halogens is 2. The largest absolute Gasteiger partial charge is 0.452 e. The molecule has 26 heavy (non-hydrogen) atoms. The molecule has 0 fully saturated rings. The van der Waals surface area contributed by atoms with E-state index in [0.29, 0.717) is 22.2 Å². The Labute approximate surface area is 163 Å². The zero-order valence-electron chi connectivity index (χ0n) is 14.7. The molecule has 1 amide bonds. The molecule has 0 aliphatic rings. The molecule has 138 valence electrons. The van der Waals surface area contributed by atoms with E-state index in [4.69, 9.17) is 27.9 Å². The number of hydrogen-bond acceptors (Lipinski definition) is 3. The molecule has 0 radical (unpaired) electrons. The minimum Gasteiger partial charge on any atom is -0.452 e. The van der Waals surface area contributed by atoms with Crippen LogP contribution in [-0.2, 0) is 14.3 Å². The lowest BCUT2D eigenvalue weighted by Crippen LogP contribution is -2.31. The van der Waals surface area contributed by atoms with Crippen molar-refractivity contribution in [3.05, 3.63) is 64.1 Å². The lowest BCUT2D eigenvalue weighted by Gasteiger charge is -2.19. The van der Waals surface area contributed by atoms with Crippen LogP contribution in [0.25, 0.3) is 0 Å². The molecule has 0 saturated carbocycles. The zero-order chi connectivity index (χ0) is 19.1. The van der Waals surface area contributed by atoms with Crippen molar-refractivity contribution in [3.63, 3.8) is 0 Å². The summed E-state index contributed by atoms with van der Waals surface area (Å²) in [5, 5.41) is 3.47. The minimum atomic E-state index is -0.941. The number of carbonyl (C=O) groups is 2. The van der Waals surface area contributed by atoms with Gasteiger partial charge in [0.05, 0.1) is 5.92 Å². The summed E-state index contributed by atoms with van der Waals surface area (Å²) in [5.41, 5.74) is 1.33. The topological polar surface area (TPSA) is 55.4 Å². The Balaban J connectivity index is 2.03. The summed E-state index contributed by atoms with van der Waals surface area (Å²) in [7, 11) is 0. The number of ether oxygens (including phenoxy) is 1. The van der Waals surface area contributed by atoms with Crippen LogP contribution in [0.3, 0.4) is 0 Å². The molecule has 0 aliphatic carbocycles. The van der Waals surface area contributed by atoms with Gasteiger partial charge < -0.3 is 10.1 Å². The van der Waals surface area contributed by atoms with Gasteiger partial charge in [0.15, 0.2) is 6.10 Å². The van der Waals surface area contributed by atoms with Crippen molar-refractivity contribution in [3.8, 4) is 0 Å². The van der Waals surface area contributed by atoms with Gasteiger partial charge in [0.25, 0.3) is 5.91 Å². The highest BCUT2D eigenvalue weighted by atomic mass is 35.5. The molecule has 2 atom stereocenters. The third-order valence-electron chi connectivity index (χ3n) is 3.86. The summed E-state index contributed by atoms with van der Waals surface area (Å²) in [4.78, 5) is 24.9. The summed E-state index contributed by atoms with van der Waals surface area (Å²) in [6.45, 7) is 3.54. The predicted molar refractivity (Wildman–Crippen MR) is 105 cm³/mol. The zero-order valence-corrected chi connectivity index (χ0v) is 16.2. The molecule has 0 aromatic heterocycles. The molecule has 0 unspecified atom stereocenters. The maximum Gasteiger partial charge on any atom is 0.314 e. The molecule has 2 rings (SSSR count). The maximum absolute atomic E-state index is 12.6. The second-order valence-corrected chi connectivity index (χ2v) is 6.85. The minimum absolute atomic E-state index is 0.392. The van der Waals surface area contributed by atoms with Crippen LogP contribution in [0.5, 0.6) is 0 Å². The van der Waals surface area contributed by atoms with E-state index in [2.05, 4.69) is 5.32 Å². The Bertz CT molecular complexity index is 745. The quantitative estimate of drug-likeness (QED) is 0.636. The molecular formula is C20H21Cl2NO3. The van der Waals surface area contributed by atoms with E-state index in [0.717, 1.165) is 12.0 Å². The van der Waals surface area contributed by atoms with E-state index in [-0.39, 0.29) is 0 Å². The van der Waals surface area contributed by atoms with Crippen LogP contribution < -0.4 is 5.32 Å². The van der Waals surface area contributed by atoms with Gasteiger partial charge in [-0.15, -0.1) is 0 Å². The van der Waals surface area contributed by atoms with Crippen LogP contribution in [-0.4, -0.2) is 18.0 Å². The summed E-state index contributed by atoms with van der Waals surface area (Å²) in [5.74, 6) is -1.25. The van der Waals surface area contributed by atoms with Gasteiger partial charge in [-0.2, -0.15) is 0 Å². The molecule has 1 N–H and O–H groups in total. The van der Waals surface area contributed by atoms with Crippen molar-refractivity contribution in [2.45, 2.75) is 38.7 Å². The predicted octanol–water partition coefficient (Wildman–Crippen LogP) is 5.45. The average Bonchev–Trinajstić information content (AvgIpc) is 2.59. The van der Waals surface area contributed by atoms with Crippen molar-refractivity contribution in [2.75, 3.05) is 5.32 Å². The fourth-order valence-corrected chi connectivity index (χ4v) is 3.10. The summed E-state index contributed by atoms with van der Waals surface area (Å²) < 4.78 is 5.40. The molecular weight excluding hydrogens is 373 g/mol. The third kappa shape index (κ3) is 5.75. The van der Waals surface area contributed by atoms with Gasteiger partial charge in [0.2, 0.25) is 0 Å². The third-order valence-corrected chi connectivity index (χ3v) is 4.29. The van der Waals surface area contributed by atoms with Crippen LogP contribution in [0.15, 0.2) is 48.5 Å². The normalized spacial score (nSPS) is 12.9. The van der Waals surface area contributed by atoms with Crippen LogP contribution in [0.1, 0.15) is 38.2 Å². The van der Waals surface area contributed by atoms with Crippen LogP contribution in [0.2, 0.25) is 10.0 Å². The highest BCUT2D eigenvalue weighted by Crippen LogP contribution is 2.25. The second-order valence-electron chi connectivity index (χ2n) is 5.98. The molecule has 0 saturated heterocycles. The van der Waals surface area contributed by atoms with E-state index < -0.39 is 23.9 Å². The lowest BCUT2D eigenvalue weighted by atomic mass is 9.94.